The van der Waals surface area contributed by atoms with Gasteiger partial charge in [0.05, 0.1) is 0 Å². The molecule has 0 aromatic carbocycles. The second kappa shape index (κ2) is 62.6. The van der Waals surface area contributed by atoms with Gasteiger partial charge in [-0.3, -0.25) is 14.4 Å². The number of hydrogen-bond donors (Lipinski definition) is 0. The first-order valence-electron chi connectivity index (χ1n) is 32.3. The zero-order valence-electron chi connectivity index (χ0n) is 49.4. The highest BCUT2D eigenvalue weighted by atomic mass is 16.6. The summed E-state index contributed by atoms with van der Waals surface area (Å²) in [5.41, 5.74) is 0. The van der Waals surface area contributed by atoms with Crippen LogP contribution in [0.4, 0.5) is 0 Å². The topological polar surface area (TPSA) is 78.9 Å². The van der Waals surface area contributed by atoms with Crippen LogP contribution in [0.1, 0.15) is 335 Å². The number of rotatable bonds is 59. The van der Waals surface area contributed by atoms with Crippen molar-refractivity contribution in [3.05, 3.63) is 60.8 Å². The Balaban J connectivity index is 4.29. The Kier molecular flexibility index (Phi) is 60.2. The monoisotopic (exact) mass is 1030 g/mol. The van der Waals surface area contributed by atoms with E-state index >= 15 is 0 Å². The maximum Gasteiger partial charge on any atom is 0.306 e. The molecule has 0 heterocycles. The summed E-state index contributed by atoms with van der Waals surface area (Å²) in [4.78, 5) is 38.3. The highest BCUT2D eigenvalue weighted by Crippen LogP contribution is 2.16. The summed E-state index contributed by atoms with van der Waals surface area (Å²) < 4.78 is 16.9. The van der Waals surface area contributed by atoms with Gasteiger partial charge in [-0.1, -0.05) is 268 Å². The van der Waals surface area contributed by atoms with Crippen LogP contribution in [0.3, 0.4) is 0 Å². The lowest BCUT2D eigenvalue weighted by Crippen LogP contribution is -2.30. The molecule has 0 spiro atoms. The Morgan fingerprint density at radius 3 is 0.770 bits per heavy atom. The van der Waals surface area contributed by atoms with Crippen LogP contribution in [0.15, 0.2) is 60.8 Å². The Hall–Kier alpha value is -2.89. The molecule has 0 aromatic heterocycles. The first-order chi connectivity index (χ1) is 36.5. The van der Waals surface area contributed by atoms with Crippen molar-refractivity contribution in [2.24, 2.45) is 0 Å². The Morgan fingerprint density at radius 1 is 0.270 bits per heavy atom. The van der Waals surface area contributed by atoms with E-state index in [-0.39, 0.29) is 31.1 Å². The van der Waals surface area contributed by atoms with Gasteiger partial charge in [-0.05, 0) is 109 Å². The Labute approximate surface area is 460 Å². The fourth-order valence-corrected chi connectivity index (χ4v) is 9.32. The fourth-order valence-electron chi connectivity index (χ4n) is 9.32. The molecule has 0 saturated heterocycles. The van der Waals surface area contributed by atoms with Gasteiger partial charge in [0.2, 0.25) is 0 Å². The summed E-state index contributed by atoms with van der Waals surface area (Å²) in [5, 5.41) is 0. The van der Waals surface area contributed by atoms with Gasteiger partial charge < -0.3 is 14.2 Å². The Bertz CT molecular complexity index is 1330. The standard InChI is InChI=1S/C68H122O6/c1-4-7-10-13-16-19-22-25-27-29-31-32-33-34-35-36-37-39-40-43-46-49-52-55-58-61-67(70)73-64-65(63-72-66(69)60-57-54-51-48-45-42-24-21-18-15-12-9-6-3)74-68(71)62-59-56-53-50-47-44-41-38-30-28-26-23-20-17-14-11-8-5-2/h20-25,28-31,65H,4-19,26-27,32-64H2,1-3H3/b23-20-,24-21-,25-22-,30-28-,31-29-. The van der Waals surface area contributed by atoms with Crippen LogP contribution in [0, 0.1) is 0 Å². The van der Waals surface area contributed by atoms with Crippen molar-refractivity contribution in [3.63, 3.8) is 0 Å². The summed E-state index contributed by atoms with van der Waals surface area (Å²) in [6.07, 6.45) is 79.4. The molecule has 1 unspecified atom stereocenters. The van der Waals surface area contributed by atoms with Gasteiger partial charge in [-0.25, -0.2) is 0 Å². The molecule has 0 fully saturated rings. The summed E-state index contributed by atoms with van der Waals surface area (Å²) >= 11 is 0. The third-order valence-electron chi connectivity index (χ3n) is 14.2. The molecule has 430 valence electrons. The van der Waals surface area contributed by atoms with Gasteiger partial charge in [0.15, 0.2) is 6.10 Å². The molecule has 0 aliphatic heterocycles. The van der Waals surface area contributed by atoms with Gasteiger partial charge in [0.1, 0.15) is 13.2 Å². The van der Waals surface area contributed by atoms with Crippen molar-refractivity contribution in [1.82, 2.24) is 0 Å². The molecule has 0 saturated carbocycles. The Morgan fingerprint density at radius 2 is 0.486 bits per heavy atom. The van der Waals surface area contributed by atoms with E-state index in [2.05, 4.69) is 81.5 Å². The van der Waals surface area contributed by atoms with E-state index in [4.69, 9.17) is 14.2 Å². The van der Waals surface area contributed by atoms with Crippen molar-refractivity contribution in [2.75, 3.05) is 13.2 Å². The predicted molar refractivity (Wildman–Crippen MR) is 321 cm³/mol. The van der Waals surface area contributed by atoms with Crippen molar-refractivity contribution >= 4 is 17.9 Å². The zero-order valence-corrected chi connectivity index (χ0v) is 49.4. The van der Waals surface area contributed by atoms with E-state index in [1.807, 2.05) is 0 Å². The molecule has 0 aromatic rings. The smallest absolute Gasteiger partial charge is 0.306 e. The van der Waals surface area contributed by atoms with Crippen molar-refractivity contribution < 1.29 is 28.6 Å². The lowest BCUT2D eigenvalue weighted by molar-refractivity contribution is -0.167. The van der Waals surface area contributed by atoms with Gasteiger partial charge >= 0.3 is 17.9 Å². The van der Waals surface area contributed by atoms with Crippen molar-refractivity contribution in [1.29, 1.82) is 0 Å². The van der Waals surface area contributed by atoms with Gasteiger partial charge in [-0.15, -0.1) is 0 Å². The fraction of sp³-hybridized carbons (Fsp3) is 0.809. The normalized spacial score (nSPS) is 12.4. The molecule has 6 heteroatoms. The molecular formula is C68H122O6. The number of ether oxygens (including phenoxy) is 3. The molecule has 74 heavy (non-hydrogen) atoms. The molecule has 1 atom stereocenters. The third kappa shape index (κ3) is 60.0. The molecule has 0 rings (SSSR count). The molecule has 0 amide bonds. The average molecular weight is 1040 g/mol. The van der Waals surface area contributed by atoms with Crippen LogP contribution in [0.2, 0.25) is 0 Å². The van der Waals surface area contributed by atoms with E-state index in [0.29, 0.717) is 19.3 Å². The van der Waals surface area contributed by atoms with Crippen molar-refractivity contribution in [2.45, 2.75) is 341 Å². The summed E-state index contributed by atoms with van der Waals surface area (Å²) in [6, 6.07) is 0. The second-order valence-electron chi connectivity index (χ2n) is 21.7. The largest absolute Gasteiger partial charge is 0.462 e. The second-order valence-corrected chi connectivity index (χ2v) is 21.7. The van der Waals surface area contributed by atoms with Gasteiger partial charge in [0, 0.05) is 19.3 Å². The highest BCUT2D eigenvalue weighted by molar-refractivity contribution is 5.71. The summed E-state index contributed by atoms with van der Waals surface area (Å²) in [5.74, 6) is -0.880. The summed E-state index contributed by atoms with van der Waals surface area (Å²) in [6.45, 7) is 6.62. The molecule has 0 radical (unpaired) electrons. The minimum atomic E-state index is -0.782. The molecule has 0 N–H and O–H groups in total. The minimum Gasteiger partial charge on any atom is -0.462 e. The third-order valence-corrected chi connectivity index (χ3v) is 14.2. The van der Waals surface area contributed by atoms with Crippen LogP contribution < -0.4 is 0 Å². The summed E-state index contributed by atoms with van der Waals surface area (Å²) in [7, 11) is 0. The van der Waals surface area contributed by atoms with Crippen LogP contribution in [0.5, 0.6) is 0 Å². The molecule has 0 bridgehead atoms. The van der Waals surface area contributed by atoms with Crippen LogP contribution in [-0.4, -0.2) is 37.2 Å². The van der Waals surface area contributed by atoms with E-state index in [1.165, 1.54) is 212 Å². The van der Waals surface area contributed by atoms with Crippen molar-refractivity contribution in [3.8, 4) is 0 Å². The number of unbranched alkanes of at least 4 members (excludes halogenated alkanes) is 38. The zero-order chi connectivity index (χ0) is 53.6. The minimum absolute atomic E-state index is 0.0785. The van der Waals surface area contributed by atoms with E-state index in [1.54, 1.807) is 0 Å². The molecule has 0 aliphatic carbocycles. The number of hydrogen-bond acceptors (Lipinski definition) is 6. The van der Waals surface area contributed by atoms with Crippen LogP contribution in [-0.2, 0) is 28.6 Å². The maximum absolute atomic E-state index is 12.9. The predicted octanol–water partition coefficient (Wildman–Crippen LogP) is 21.9. The first kappa shape index (κ1) is 71.1. The van der Waals surface area contributed by atoms with Gasteiger partial charge in [-0.2, -0.15) is 0 Å². The number of allylic oxidation sites excluding steroid dienone is 10. The number of carbonyl (C=O) groups excluding carboxylic acids is 3. The average Bonchev–Trinajstić information content (AvgIpc) is 3.40. The SMILES string of the molecule is CCCCCC/C=C\C/C=C\CCCCCCCCCC(=O)OC(COC(=O)CCCCCCC/C=C\CCCCCC)COC(=O)CCCCCCCCCCCCCCC/C=C\C/C=C\CCCCCCC. The van der Waals surface area contributed by atoms with Crippen LogP contribution >= 0.6 is 0 Å². The number of carbonyl (C=O) groups is 3. The molecular weight excluding hydrogens is 913 g/mol. The first-order valence-corrected chi connectivity index (χ1v) is 32.3. The highest BCUT2D eigenvalue weighted by Gasteiger charge is 2.19. The van der Waals surface area contributed by atoms with Gasteiger partial charge in [0.25, 0.3) is 0 Å². The number of esters is 3. The molecule has 0 aliphatic rings. The van der Waals surface area contributed by atoms with E-state index in [0.717, 1.165) is 83.5 Å². The maximum atomic E-state index is 12.9. The quantitative estimate of drug-likeness (QED) is 0.0261. The molecule has 6 nitrogen and oxygen atoms in total. The lowest BCUT2D eigenvalue weighted by Gasteiger charge is -2.18. The lowest BCUT2D eigenvalue weighted by atomic mass is 10.0. The van der Waals surface area contributed by atoms with E-state index < -0.39 is 6.10 Å². The van der Waals surface area contributed by atoms with Crippen LogP contribution in [0.25, 0.3) is 0 Å². The van der Waals surface area contributed by atoms with E-state index in [9.17, 15) is 14.4 Å².